The van der Waals surface area contributed by atoms with Crippen LogP contribution in [0.4, 0.5) is 0 Å². The highest BCUT2D eigenvalue weighted by Gasteiger charge is 2.66. The molecule has 0 atom stereocenters. The molecule has 124 valence electrons. The highest BCUT2D eigenvalue weighted by molar-refractivity contribution is 5.85. The molecule has 0 aliphatic heterocycles. The molecule has 0 heterocycles. The molecule has 5 rings (SSSR count). The molecule has 0 heteroatoms. The van der Waals surface area contributed by atoms with Crippen LogP contribution in [-0.4, -0.2) is 0 Å². The quantitative estimate of drug-likeness (QED) is 0.460. The summed E-state index contributed by atoms with van der Waals surface area (Å²) in [6.45, 7) is 9.78. The number of rotatable bonds is 0. The van der Waals surface area contributed by atoms with Gasteiger partial charge in [-0.3, -0.25) is 0 Å². The van der Waals surface area contributed by atoms with Crippen molar-refractivity contribution < 1.29 is 0 Å². The van der Waals surface area contributed by atoms with Crippen molar-refractivity contribution in [1.29, 1.82) is 0 Å². The van der Waals surface area contributed by atoms with Crippen LogP contribution in [0.3, 0.4) is 0 Å². The Morgan fingerprint density at radius 2 is 0.760 bits per heavy atom. The van der Waals surface area contributed by atoms with Crippen LogP contribution in [-0.2, 0) is 16.2 Å². The first-order chi connectivity index (χ1) is 11.9. The second-order valence-corrected chi connectivity index (χ2v) is 8.64. The molecule has 25 heavy (non-hydrogen) atoms. The summed E-state index contributed by atoms with van der Waals surface area (Å²) in [7, 11) is 0. The molecule has 0 bridgehead atoms. The molecule has 0 N–H and O–H groups in total. The average molecular weight is 324 g/mol. The maximum absolute atomic E-state index is 2.44. The molecule has 2 aliphatic rings. The van der Waals surface area contributed by atoms with Gasteiger partial charge in [-0.05, 0) is 33.4 Å². The van der Waals surface area contributed by atoms with Crippen LogP contribution < -0.4 is 0 Å². The van der Waals surface area contributed by atoms with Crippen molar-refractivity contribution >= 4 is 0 Å². The monoisotopic (exact) mass is 324 g/mol. The van der Waals surface area contributed by atoms with Gasteiger partial charge in [0.1, 0.15) is 0 Å². The van der Waals surface area contributed by atoms with Gasteiger partial charge in [0.15, 0.2) is 0 Å². The number of hydrogen-bond acceptors (Lipinski definition) is 0. The first-order valence-corrected chi connectivity index (χ1v) is 9.23. The summed E-state index contributed by atoms with van der Waals surface area (Å²) in [6, 6.07) is 27.2. The normalized spacial score (nSPS) is 20.2. The predicted molar refractivity (Wildman–Crippen MR) is 105 cm³/mol. The smallest absolute Gasteiger partial charge is 0.0397 e. The van der Waals surface area contributed by atoms with E-state index in [1.807, 2.05) is 0 Å². The summed E-state index contributed by atoms with van der Waals surface area (Å²) in [6.07, 6.45) is 0. The summed E-state index contributed by atoms with van der Waals surface area (Å²) in [4.78, 5) is 0. The molecule has 0 amide bonds. The molecule has 0 fully saturated rings. The summed E-state index contributed by atoms with van der Waals surface area (Å²) < 4.78 is 0. The first kappa shape index (κ1) is 15.0. The van der Waals surface area contributed by atoms with E-state index in [1.165, 1.54) is 33.4 Å². The van der Waals surface area contributed by atoms with Gasteiger partial charge in [-0.2, -0.15) is 0 Å². The van der Waals surface area contributed by atoms with Crippen LogP contribution in [0.1, 0.15) is 49.9 Å². The van der Waals surface area contributed by atoms with Crippen molar-refractivity contribution in [2.45, 2.75) is 43.9 Å². The Hall–Kier alpha value is -2.34. The third-order valence-corrected chi connectivity index (χ3v) is 7.10. The van der Waals surface area contributed by atoms with E-state index >= 15 is 0 Å². The Morgan fingerprint density at radius 1 is 0.440 bits per heavy atom. The first-order valence-electron chi connectivity index (χ1n) is 9.23. The largest absolute Gasteiger partial charge is 0.0620 e. The lowest BCUT2D eigenvalue weighted by Gasteiger charge is -2.49. The summed E-state index contributed by atoms with van der Waals surface area (Å²) in [5.74, 6) is 0. The van der Waals surface area contributed by atoms with E-state index in [-0.39, 0.29) is 16.2 Å². The zero-order valence-corrected chi connectivity index (χ0v) is 15.4. The number of fused-ring (bicyclic) bond motifs is 6. The topological polar surface area (TPSA) is 0 Å². The SMILES string of the molecule is CC1(C)c2ccccc2C(C)(C)C12c1ccccc1-c1ccccc12. The van der Waals surface area contributed by atoms with E-state index in [0.717, 1.165) is 0 Å². The minimum atomic E-state index is -0.0448. The Labute approximate surface area is 150 Å². The Balaban J connectivity index is 2.01. The van der Waals surface area contributed by atoms with Crippen molar-refractivity contribution in [3.63, 3.8) is 0 Å². The van der Waals surface area contributed by atoms with Crippen molar-refractivity contribution in [2.24, 2.45) is 0 Å². The molecule has 1 spiro atoms. The fourth-order valence-corrected chi connectivity index (χ4v) is 6.34. The fraction of sp³-hybridized carbons (Fsp3) is 0.280. The van der Waals surface area contributed by atoms with Crippen molar-refractivity contribution in [3.8, 4) is 11.1 Å². The van der Waals surface area contributed by atoms with E-state index in [9.17, 15) is 0 Å². The molecule has 0 saturated heterocycles. The summed E-state index contributed by atoms with van der Waals surface area (Å²) in [5.41, 5.74) is 8.78. The standard InChI is InChI=1S/C25H24/c1-23(2)21-15-9-10-16-22(21)24(3,4)25(23)19-13-7-5-11-17(19)18-12-6-8-14-20(18)25/h5-16H,1-4H3. The lowest BCUT2D eigenvalue weighted by atomic mass is 9.52. The minimum absolute atomic E-state index is 0.0236. The molecule has 3 aromatic carbocycles. The Kier molecular flexibility index (Phi) is 2.65. The van der Waals surface area contributed by atoms with E-state index in [1.54, 1.807) is 0 Å². The van der Waals surface area contributed by atoms with Crippen LogP contribution in [0, 0.1) is 0 Å². The fourth-order valence-electron chi connectivity index (χ4n) is 6.34. The van der Waals surface area contributed by atoms with Gasteiger partial charge in [-0.15, -0.1) is 0 Å². The minimum Gasteiger partial charge on any atom is -0.0620 e. The second kappa shape index (κ2) is 4.43. The van der Waals surface area contributed by atoms with Gasteiger partial charge >= 0.3 is 0 Å². The van der Waals surface area contributed by atoms with Gasteiger partial charge in [-0.25, -0.2) is 0 Å². The zero-order chi connectivity index (χ0) is 17.4. The summed E-state index contributed by atoms with van der Waals surface area (Å²) in [5, 5.41) is 0. The highest BCUT2D eigenvalue weighted by atomic mass is 14.7. The second-order valence-electron chi connectivity index (χ2n) is 8.64. The number of benzene rings is 3. The third-order valence-electron chi connectivity index (χ3n) is 7.10. The van der Waals surface area contributed by atoms with Crippen molar-refractivity contribution in [1.82, 2.24) is 0 Å². The molecule has 0 radical (unpaired) electrons. The molecular weight excluding hydrogens is 300 g/mol. The molecule has 3 aromatic rings. The van der Waals surface area contributed by atoms with Crippen LogP contribution >= 0.6 is 0 Å². The number of hydrogen-bond donors (Lipinski definition) is 0. The van der Waals surface area contributed by atoms with Crippen LogP contribution in [0.5, 0.6) is 0 Å². The van der Waals surface area contributed by atoms with E-state index in [4.69, 9.17) is 0 Å². The molecule has 2 aliphatic carbocycles. The molecule has 0 unspecified atom stereocenters. The maximum Gasteiger partial charge on any atom is 0.0397 e. The van der Waals surface area contributed by atoms with Crippen LogP contribution in [0.2, 0.25) is 0 Å². The van der Waals surface area contributed by atoms with Crippen LogP contribution in [0.15, 0.2) is 72.8 Å². The third kappa shape index (κ3) is 1.42. The Morgan fingerprint density at radius 3 is 1.16 bits per heavy atom. The van der Waals surface area contributed by atoms with Gasteiger partial charge in [0.2, 0.25) is 0 Å². The maximum atomic E-state index is 2.44. The van der Waals surface area contributed by atoms with E-state index in [0.29, 0.717) is 0 Å². The molecule has 0 nitrogen and oxygen atoms in total. The summed E-state index contributed by atoms with van der Waals surface area (Å²) >= 11 is 0. The molecule has 0 aromatic heterocycles. The van der Waals surface area contributed by atoms with E-state index < -0.39 is 0 Å². The van der Waals surface area contributed by atoms with Gasteiger partial charge in [0.05, 0.1) is 0 Å². The van der Waals surface area contributed by atoms with Gasteiger partial charge in [0, 0.05) is 16.2 Å². The van der Waals surface area contributed by atoms with Crippen molar-refractivity contribution in [3.05, 3.63) is 95.1 Å². The predicted octanol–water partition coefficient (Wildman–Crippen LogP) is 6.22. The average Bonchev–Trinajstić information content (AvgIpc) is 3.00. The molecular formula is C25H24. The van der Waals surface area contributed by atoms with E-state index in [2.05, 4.69) is 100 Å². The van der Waals surface area contributed by atoms with Gasteiger partial charge in [0.25, 0.3) is 0 Å². The molecule has 0 saturated carbocycles. The lowest BCUT2D eigenvalue weighted by Crippen LogP contribution is -2.51. The van der Waals surface area contributed by atoms with Gasteiger partial charge < -0.3 is 0 Å². The zero-order valence-electron chi connectivity index (χ0n) is 15.4. The highest BCUT2D eigenvalue weighted by Crippen LogP contribution is 2.70. The van der Waals surface area contributed by atoms with Crippen molar-refractivity contribution in [2.75, 3.05) is 0 Å². The lowest BCUT2D eigenvalue weighted by molar-refractivity contribution is 0.231. The van der Waals surface area contributed by atoms with Gasteiger partial charge in [-0.1, -0.05) is 100 Å². The Bertz CT molecular complexity index is 921. The van der Waals surface area contributed by atoms with Crippen LogP contribution in [0.25, 0.3) is 11.1 Å².